The largest absolute Gasteiger partial charge is 0.390 e. The Hall–Kier alpha value is -2.12. The Balaban J connectivity index is 2.24. The van der Waals surface area contributed by atoms with Gasteiger partial charge in [-0.2, -0.15) is 13.2 Å². The zero-order valence-corrected chi connectivity index (χ0v) is 10.3. The quantitative estimate of drug-likeness (QED) is 0.686. The predicted octanol–water partition coefficient (Wildman–Crippen LogP) is 2.35. The van der Waals surface area contributed by atoms with Gasteiger partial charge < -0.3 is 10.2 Å². The second-order valence-electron chi connectivity index (χ2n) is 4.42. The first kappa shape index (κ1) is 14.3. The number of fused-ring (bicyclic) bond motifs is 1. The minimum Gasteiger partial charge on any atom is -0.372 e. The Morgan fingerprint density at radius 3 is 2.50 bits per heavy atom. The van der Waals surface area contributed by atoms with Crippen molar-refractivity contribution in [2.75, 3.05) is 23.8 Å². The van der Waals surface area contributed by atoms with E-state index in [1.165, 1.54) is 7.05 Å². The molecule has 0 aromatic heterocycles. The maximum Gasteiger partial charge on any atom is 0.390 e. The van der Waals surface area contributed by atoms with Gasteiger partial charge in [0.15, 0.2) is 0 Å². The van der Waals surface area contributed by atoms with Crippen LogP contribution >= 0.6 is 0 Å². The number of carbonyl (C=O) groups is 2. The number of nitrogens with zero attached hydrogens (tertiary/aromatic N) is 1. The van der Waals surface area contributed by atoms with Crippen LogP contribution in [0.25, 0.3) is 0 Å². The number of carbonyl (C=O) groups excluding carboxylic acids is 2. The number of rotatable bonds is 3. The lowest BCUT2D eigenvalue weighted by molar-refractivity contribution is -0.132. The summed E-state index contributed by atoms with van der Waals surface area (Å²) >= 11 is 0. The normalized spacial score (nSPS) is 14.2. The first-order valence-electron chi connectivity index (χ1n) is 5.66. The van der Waals surface area contributed by atoms with Gasteiger partial charge in [-0.05, 0) is 12.1 Å². The van der Waals surface area contributed by atoms with Gasteiger partial charge in [-0.25, -0.2) is 4.39 Å². The van der Waals surface area contributed by atoms with E-state index in [0.29, 0.717) is 0 Å². The maximum atomic E-state index is 13.8. The highest BCUT2D eigenvalue weighted by Gasteiger charge is 2.31. The Bertz CT molecular complexity index is 584. The van der Waals surface area contributed by atoms with Crippen LogP contribution in [0.4, 0.5) is 28.9 Å². The topological polar surface area (TPSA) is 49.4 Å². The molecule has 0 saturated carbocycles. The predicted molar refractivity (Wildman–Crippen MR) is 63.3 cm³/mol. The fraction of sp³-hybridized carbons (Fsp3) is 0.333. The molecule has 0 spiro atoms. The second kappa shape index (κ2) is 4.77. The summed E-state index contributed by atoms with van der Waals surface area (Å²) in [5, 5.41) is 2.24. The smallest absolute Gasteiger partial charge is 0.372 e. The molecule has 0 fully saturated rings. The van der Waals surface area contributed by atoms with Crippen LogP contribution in [0, 0.1) is 5.82 Å². The summed E-state index contributed by atoms with van der Waals surface area (Å²) in [5.41, 5.74) is -0.112. The third-order valence-corrected chi connectivity index (χ3v) is 2.93. The lowest BCUT2D eigenvalue weighted by Crippen LogP contribution is -2.24. The van der Waals surface area contributed by atoms with E-state index in [-0.39, 0.29) is 16.9 Å². The van der Waals surface area contributed by atoms with Gasteiger partial charge in [-0.3, -0.25) is 9.59 Å². The molecule has 1 heterocycles. The van der Waals surface area contributed by atoms with Crippen molar-refractivity contribution in [3.8, 4) is 0 Å². The average molecular weight is 290 g/mol. The molecule has 1 N–H and O–H groups in total. The minimum absolute atomic E-state index is 0.107. The fourth-order valence-corrected chi connectivity index (χ4v) is 1.86. The van der Waals surface area contributed by atoms with Gasteiger partial charge in [0.1, 0.15) is 5.82 Å². The van der Waals surface area contributed by atoms with Gasteiger partial charge in [-0.15, -0.1) is 0 Å². The Morgan fingerprint density at radius 1 is 1.25 bits per heavy atom. The first-order valence-corrected chi connectivity index (χ1v) is 5.66. The Morgan fingerprint density at radius 2 is 1.90 bits per heavy atom. The van der Waals surface area contributed by atoms with Crippen LogP contribution in [-0.4, -0.2) is 31.5 Å². The third-order valence-electron chi connectivity index (χ3n) is 2.93. The molecule has 0 aliphatic carbocycles. The molecule has 0 unspecified atom stereocenters. The van der Waals surface area contributed by atoms with Crippen molar-refractivity contribution < 1.29 is 27.2 Å². The lowest BCUT2D eigenvalue weighted by Gasteiger charge is -2.21. The molecule has 0 radical (unpaired) electrons. The van der Waals surface area contributed by atoms with E-state index in [1.807, 2.05) is 0 Å². The minimum atomic E-state index is -4.34. The van der Waals surface area contributed by atoms with Crippen LogP contribution in [0.15, 0.2) is 12.1 Å². The van der Waals surface area contributed by atoms with Crippen molar-refractivity contribution in [2.24, 2.45) is 0 Å². The number of nitrogens with one attached hydrogen (secondary N) is 1. The monoisotopic (exact) mass is 290 g/mol. The van der Waals surface area contributed by atoms with Gasteiger partial charge in [0.25, 0.3) is 11.7 Å². The van der Waals surface area contributed by atoms with Crippen molar-refractivity contribution in [2.45, 2.75) is 12.6 Å². The number of alkyl halides is 3. The summed E-state index contributed by atoms with van der Waals surface area (Å²) in [6.07, 6.45) is -5.43. The van der Waals surface area contributed by atoms with Crippen LogP contribution in [-0.2, 0) is 4.79 Å². The summed E-state index contributed by atoms with van der Waals surface area (Å²) in [7, 11) is 1.30. The van der Waals surface area contributed by atoms with Crippen LogP contribution in [0.3, 0.4) is 0 Å². The summed E-state index contributed by atoms with van der Waals surface area (Å²) in [4.78, 5) is 23.6. The van der Waals surface area contributed by atoms with Gasteiger partial charge in [0, 0.05) is 13.6 Å². The highest BCUT2D eigenvalue weighted by Crippen LogP contribution is 2.31. The van der Waals surface area contributed by atoms with Gasteiger partial charge in [-0.1, -0.05) is 0 Å². The van der Waals surface area contributed by atoms with Crippen LogP contribution < -0.4 is 10.2 Å². The SMILES string of the molecule is CN(CCC(F)(F)F)c1cc2c(cc1F)C(=O)C(=O)N2. The molecular weight excluding hydrogens is 280 g/mol. The van der Waals surface area contributed by atoms with Crippen molar-refractivity contribution in [1.82, 2.24) is 0 Å². The van der Waals surface area contributed by atoms with Gasteiger partial charge in [0.05, 0.1) is 23.4 Å². The molecule has 1 aliphatic heterocycles. The van der Waals surface area contributed by atoms with Crippen molar-refractivity contribution in [3.05, 3.63) is 23.5 Å². The molecule has 0 atom stereocenters. The summed E-state index contributed by atoms with van der Waals surface area (Å²) in [6, 6.07) is 2.01. The fourth-order valence-electron chi connectivity index (χ4n) is 1.86. The number of halogens is 4. The number of hydrogen-bond donors (Lipinski definition) is 1. The molecule has 1 aromatic carbocycles. The highest BCUT2D eigenvalue weighted by atomic mass is 19.4. The Kier molecular flexibility index (Phi) is 3.41. The molecule has 1 aromatic rings. The molecule has 8 heteroatoms. The lowest BCUT2D eigenvalue weighted by atomic mass is 10.1. The molecule has 0 bridgehead atoms. The van der Waals surface area contributed by atoms with Gasteiger partial charge >= 0.3 is 6.18 Å². The van der Waals surface area contributed by atoms with E-state index >= 15 is 0 Å². The standard InChI is InChI=1S/C12H10F4N2O2/c1-18(3-2-12(14,15)16)9-5-8-6(4-7(9)13)10(19)11(20)17-8/h4-5H,2-3H2,1H3,(H,17,19,20). The van der Waals surface area contributed by atoms with Crippen molar-refractivity contribution in [1.29, 1.82) is 0 Å². The molecule has 0 saturated heterocycles. The highest BCUT2D eigenvalue weighted by molar-refractivity contribution is 6.51. The number of benzene rings is 1. The summed E-state index contributed by atoms with van der Waals surface area (Å²) in [6.45, 7) is -0.429. The molecule has 1 amide bonds. The summed E-state index contributed by atoms with van der Waals surface area (Å²) < 4.78 is 50.2. The van der Waals surface area contributed by atoms with Crippen LogP contribution in [0.2, 0.25) is 0 Å². The van der Waals surface area contributed by atoms with E-state index in [1.54, 1.807) is 0 Å². The zero-order chi connectivity index (χ0) is 15.1. The van der Waals surface area contributed by atoms with Crippen LogP contribution in [0.5, 0.6) is 0 Å². The molecule has 1 aliphatic rings. The van der Waals surface area contributed by atoms with E-state index in [2.05, 4.69) is 5.32 Å². The average Bonchev–Trinajstić information content (AvgIpc) is 2.61. The van der Waals surface area contributed by atoms with E-state index in [9.17, 15) is 27.2 Å². The third kappa shape index (κ3) is 2.73. The Labute approximate surface area is 111 Å². The molecule has 4 nitrogen and oxygen atoms in total. The number of ketones is 1. The molecule has 108 valence electrons. The summed E-state index contributed by atoms with van der Waals surface area (Å²) in [5.74, 6) is -2.59. The van der Waals surface area contributed by atoms with Crippen molar-refractivity contribution >= 4 is 23.1 Å². The molecule has 2 rings (SSSR count). The number of amides is 1. The first-order chi connectivity index (χ1) is 9.19. The maximum absolute atomic E-state index is 13.8. The van der Waals surface area contributed by atoms with Crippen LogP contribution in [0.1, 0.15) is 16.8 Å². The number of hydrogen-bond acceptors (Lipinski definition) is 3. The van der Waals surface area contributed by atoms with E-state index < -0.39 is 36.6 Å². The van der Waals surface area contributed by atoms with E-state index in [4.69, 9.17) is 0 Å². The van der Waals surface area contributed by atoms with Gasteiger partial charge in [0.2, 0.25) is 0 Å². The number of Topliss-reactive ketones (excluding diaryl/α,β-unsaturated/α-hetero) is 1. The van der Waals surface area contributed by atoms with E-state index in [0.717, 1.165) is 17.0 Å². The van der Waals surface area contributed by atoms with Crippen molar-refractivity contribution in [3.63, 3.8) is 0 Å². The molecule has 20 heavy (non-hydrogen) atoms. The molecular formula is C12H10F4N2O2. The zero-order valence-electron chi connectivity index (χ0n) is 10.3. The second-order valence-corrected chi connectivity index (χ2v) is 4.42. The number of anilines is 2.